The molecule has 17 heavy (non-hydrogen) atoms. The third-order valence-corrected chi connectivity index (χ3v) is 2.58. The highest BCUT2D eigenvalue weighted by Gasteiger charge is 2.06. The van der Waals surface area contributed by atoms with Crippen LogP contribution in [0.5, 0.6) is 0 Å². The number of methoxy groups -OCH3 is 2. The lowest BCUT2D eigenvalue weighted by atomic mass is 10.1. The number of hydrogen-bond acceptors (Lipinski definition) is 3. The number of ether oxygens (including phenoxy) is 2. The van der Waals surface area contributed by atoms with Crippen molar-refractivity contribution in [1.82, 2.24) is 5.32 Å². The molecule has 0 radical (unpaired) electrons. The van der Waals surface area contributed by atoms with Gasteiger partial charge in [-0.05, 0) is 11.1 Å². The minimum atomic E-state index is 0.0866. The Morgan fingerprint density at radius 1 is 1.29 bits per heavy atom. The lowest BCUT2D eigenvalue weighted by molar-refractivity contribution is 0.0296. The van der Waals surface area contributed by atoms with Crippen molar-refractivity contribution in [3.63, 3.8) is 0 Å². The zero-order valence-electron chi connectivity index (χ0n) is 10.6. The van der Waals surface area contributed by atoms with Crippen molar-refractivity contribution in [3.05, 3.63) is 42.5 Å². The van der Waals surface area contributed by atoms with Crippen LogP contribution in [0.15, 0.2) is 36.9 Å². The van der Waals surface area contributed by atoms with Crippen LogP contribution in [0.2, 0.25) is 0 Å². The van der Waals surface area contributed by atoms with Gasteiger partial charge < -0.3 is 14.8 Å². The van der Waals surface area contributed by atoms with Crippen LogP contribution in [0.3, 0.4) is 0 Å². The Morgan fingerprint density at radius 3 is 2.59 bits per heavy atom. The van der Waals surface area contributed by atoms with E-state index in [0.717, 1.165) is 18.7 Å². The molecule has 1 aromatic carbocycles. The van der Waals surface area contributed by atoms with Crippen molar-refractivity contribution >= 4 is 5.57 Å². The first-order valence-corrected chi connectivity index (χ1v) is 5.73. The average molecular weight is 235 g/mol. The molecule has 0 bridgehead atoms. The van der Waals surface area contributed by atoms with Crippen molar-refractivity contribution in [2.24, 2.45) is 0 Å². The molecule has 0 heterocycles. The average Bonchev–Trinajstić information content (AvgIpc) is 2.38. The smallest absolute Gasteiger partial charge is 0.0928 e. The Bertz CT molecular complexity index is 324. The summed E-state index contributed by atoms with van der Waals surface area (Å²) in [5.41, 5.74) is 2.25. The molecule has 0 fully saturated rings. The minimum Gasteiger partial charge on any atom is -0.382 e. The van der Waals surface area contributed by atoms with Gasteiger partial charge in [0.25, 0.3) is 0 Å². The van der Waals surface area contributed by atoms with Gasteiger partial charge in [0.05, 0.1) is 12.7 Å². The molecule has 0 spiro atoms. The van der Waals surface area contributed by atoms with Crippen LogP contribution >= 0.6 is 0 Å². The summed E-state index contributed by atoms with van der Waals surface area (Å²) in [6, 6.07) is 10.2. The van der Waals surface area contributed by atoms with Gasteiger partial charge in [0.15, 0.2) is 0 Å². The predicted octanol–water partition coefficient (Wildman–Crippen LogP) is 1.95. The molecule has 1 unspecified atom stereocenters. The molecule has 0 saturated carbocycles. The second-order valence-corrected chi connectivity index (χ2v) is 3.91. The van der Waals surface area contributed by atoms with Gasteiger partial charge in [0.1, 0.15) is 0 Å². The molecule has 1 atom stereocenters. The molecule has 0 saturated heterocycles. The highest BCUT2D eigenvalue weighted by Crippen LogP contribution is 2.09. The van der Waals surface area contributed by atoms with Crippen molar-refractivity contribution in [1.29, 1.82) is 0 Å². The predicted molar refractivity (Wildman–Crippen MR) is 71.0 cm³/mol. The van der Waals surface area contributed by atoms with E-state index in [4.69, 9.17) is 9.47 Å². The summed E-state index contributed by atoms with van der Waals surface area (Å²) >= 11 is 0. The topological polar surface area (TPSA) is 30.5 Å². The summed E-state index contributed by atoms with van der Waals surface area (Å²) in [5, 5.41) is 3.31. The van der Waals surface area contributed by atoms with Gasteiger partial charge in [-0.15, -0.1) is 0 Å². The van der Waals surface area contributed by atoms with Gasteiger partial charge in [-0.2, -0.15) is 0 Å². The van der Waals surface area contributed by atoms with Gasteiger partial charge in [-0.3, -0.25) is 0 Å². The van der Waals surface area contributed by atoms with Crippen molar-refractivity contribution in [2.75, 3.05) is 33.9 Å². The SMILES string of the molecule is C=C(CNCC(COC)OC)c1ccccc1. The van der Waals surface area contributed by atoms with E-state index in [2.05, 4.69) is 24.0 Å². The van der Waals surface area contributed by atoms with Gasteiger partial charge in [0, 0.05) is 27.3 Å². The standard InChI is InChI=1S/C14H21NO2/c1-12(13-7-5-4-6-8-13)9-15-10-14(17-3)11-16-2/h4-8,14-15H,1,9-11H2,2-3H3. The monoisotopic (exact) mass is 235 g/mol. The Kier molecular flexibility index (Phi) is 6.55. The van der Waals surface area contributed by atoms with Crippen LogP contribution in [0.4, 0.5) is 0 Å². The third-order valence-electron chi connectivity index (χ3n) is 2.58. The van der Waals surface area contributed by atoms with E-state index >= 15 is 0 Å². The summed E-state index contributed by atoms with van der Waals surface area (Å²) < 4.78 is 10.3. The van der Waals surface area contributed by atoms with E-state index in [1.54, 1.807) is 14.2 Å². The van der Waals surface area contributed by atoms with Gasteiger partial charge in [0.2, 0.25) is 0 Å². The van der Waals surface area contributed by atoms with Crippen LogP contribution < -0.4 is 5.32 Å². The number of nitrogens with one attached hydrogen (secondary N) is 1. The summed E-state index contributed by atoms with van der Waals surface area (Å²) in [6.07, 6.45) is 0.0866. The Balaban J connectivity index is 2.29. The summed E-state index contributed by atoms with van der Waals surface area (Å²) in [7, 11) is 3.37. The molecule has 0 amide bonds. The second-order valence-electron chi connectivity index (χ2n) is 3.91. The Labute approximate surface area is 103 Å². The zero-order valence-corrected chi connectivity index (χ0v) is 10.6. The van der Waals surface area contributed by atoms with E-state index in [0.29, 0.717) is 6.61 Å². The highest BCUT2D eigenvalue weighted by molar-refractivity contribution is 5.64. The number of rotatable bonds is 8. The molecule has 3 nitrogen and oxygen atoms in total. The zero-order chi connectivity index (χ0) is 12.5. The van der Waals surface area contributed by atoms with Gasteiger partial charge in [-0.1, -0.05) is 36.9 Å². The van der Waals surface area contributed by atoms with Gasteiger partial charge in [-0.25, -0.2) is 0 Å². The van der Waals surface area contributed by atoms with Crippen molar-refractivity contribution in [2.45, 2.75) is 6.10 Å². The fourth-order valence-electron chi connectivity index (χ4n) is 1.56. The minimum absolute atomic E-state index is 0.0866. The summed E-state index contributed by atoms with van der Waals surface area (Å²) in [5.74, 6) is 0. The third kappa shape index (κ3) is 5.13. The molecule has 0 aliphatic rings. The second kappa shape index (κ2) is 8.01. The maximum Gasteiger partial charge on any atom is 0.0928 e. The fraction of sp³-hybridized carbons (Fsp3) is 0.429. The molecular weight excluding hydrogens is 214 g/mol. The lowest BCUT2D eigenvalue weighted by Crippen LogP contribution is -2.32. The van der Waals surface area contributed by atoms with Crippen LogP contribution in [-0.4, -0.2) is 40.0 Å². The van der Waals surface area contributed by atoms with Gasteiger partial charge >= 0.3 is 0 Å². The number of benzene rings is 1. The maximum atomic E-state index is 5.26. The number of hydrogen-bond donors (Lipinski definition) is 1. The van der Waals surface area contributed by atoms with E-state index in [9.17, 15) is 0 Å². The fourth-order valence-corrected chi connectivity index (χ4v) is 1.56. The van der Waals surface area contributed by atoms with E-state index in [1.807, 2.05) is 18.2 Å². The molecule has 0 aliphatic carbocycles. The summed E-state index contributed by atoms with van der Waals surface area (Å²) in [6.45, 7) is 6.18. The molecule has 0 aromatic heterocycles. The lowest BCUT2D eigenvalue weighted by Gasteiger charge is -2.15. The molecule has 3 heteroatoms. The quantitative estimate of drug-likeness (QED) is 0.747. The molecule has 0 aliphatic heterocycles. The molecular formula is C14H21NO2. The highest BCUT2D eigenvalue weighted by atomic mass is 16.5. The first kappa shape index (κ1) is 13.9. The molecule has 94 valence electrons. The first-order chi connectivity index (χ1) is 8.27. The Morgan fingerprint density at radius 2 is 2.00 bits per heavy atom. The molecule has 1 rings (SSSR count). The normalized spacial score (nSPS) is 12.4. The summed E-state index contributed by atoms with van der Waals surface area (Å²) in [4.78, 5) is 0. The molecule has 1 N–H and O–H groups in total. The van der Waals surface area contributed by atoms with Crippen LogP contribution in [0.25, 0.3) is 5.57 Å². The maximum absolute atomic E-state index is 5.26. The Hall–Kier alpha value is -1.16. The first-order valence-electron chi connectivity index (χ1n) is 5.73. The van der Waals surface area contributed by atoms with E-state index < -0.39 is 0 Å². The van der Waals surface area contributed by atoms with E-state index in [-0.39, 0.29) is 6.10 Å². The van der Waals surface area contributed by atoms with Crippen LogP contribution in [0.1, 0.15) is 5.56 Å². The largest absolute Gasteiger partial charge is 0.382 e. The van der Waals surface area contributed by atoms with E-state index in [1.165, 1.54) is 5.56 Å². The van der Waals surface area contributed by atoms with Crippen molar-refractivity contribution in [3.8, 4) is 0 Å². The van der Waals surface area contributed by atoms with Crippen LogP contribution in [0, 0.1) is 0 Å². The molecule has 1 aromatic rings. The van der Waals surface area contributed by atoms with Crippen LogP contribution in [-0.2, 0) is 9.47 Å². The van der Waals surface area contributed by atoms with Crippen molar-refractivity contribution < 1.29 is 9.47 Å².